The van der Waals surface area contributed by atoms with Crippen LogP contribution < -0.4 is 0 Å². The maximum atomic E-state index is 13.2. The third kappa shape index (κ3) is 4.24. The molecule has 33 heavy (non-hydrogen) atoms. The molecule has 2 amide bonds. The van der Waals surface area contributed by atoms with Crippen molar-refractivity contribution in [1.82, 2.24) is 24.1 Å². The van der Waals surface area contributed by atoms with Gasteiger partial charge in [-0.1, -0.05) is 0 Å². The fourth-order valence-electron chi connectivity index (χ4n) is 5.41. The number of carbonyl (C=O) groups is 1. The predicted molar refractivity (Wildman–Crippen MR) is 126 cm³/mol. The van der Waals surface area contributed by atoms with Gasteiger partial charge < -0.3 is 19.5 Å². The number of nitrogens with zero attached hydrogens (tertiary/aromatic N) is 4. The lowest BCUT2D eigenvalue weighted by Crippen LogP contribution is -2.64. The number of pyridine rings is 1. The van der Waals surface area contributed by atoms with Gasteiger partial charge in [0.1, 0.15) is 10.9 Å². The number of nitrogens with one attached hydrogen (secondary N) is 1. The van der Waals surface area contributed by atoms with Gasteiger partial charge in [-0.05, 0) is 57.2 Å². The summed E-state index contributed by atoms with van der Waals surface area (Å²) in [4.78, 5) is 24.0. The quantitative estimate of drug-likeness (QED) is 0.734. The number of ether oxygens (including phenoxy) is 1. The molecule has 0 aromatic carbocycles. The van der Waals surface area contributed by atoms with Gasteiger partial charge in [-0.15, -0.1) is 0 Å². The minimum Gasteiger partial charge on any atom is -0.372 e. The Morgan fingerprint density at radius 2 is 1.70 bits per heavy atom. The van der Waals surface area contributed by atoms with Crippen molar-refractivity contribution >= 4 is 27.1 Å². The van der Waals surface area contributed by atoms with Crippen LogP contribution in [0.5, 0.6) is 0 Å². The number of aromatic amines is 1. The lowest BCUT2D eigenvalue weighted by atomic mass is 9.90. The minimum absolute atomic E-state index is 0.00301. The van der Waals surface area contributed by atoms with E-state index in [2.05, 4.69) is 16.0 Å². The van der Waals surface area contributed by atoms with Crippen LogP contribution in [0.1, 0.15) is 43.9 Å². The number of urea groups is 1. The number of sulfonamides is 1. The zero-order valence-electron chi connectivity index (χ0n) is 19.5. The molecular formula is C23H33N5O4S. The summed E-state index contributed by atoms with van der Waals surface area (Å²) in [5.74, 6) is 0.319. The first-order valence-corrected chi connectivity index (χ1v) is 13.4. The van der Waals surface area contributed by atoms with E-state index in [4.69, 9.17) is 4.74 Å². The second kappa shape index (κ2) is 8.56. The van der Waals surface area contributed by atoms with Gasteiger partial charge in [0.2, 0.25) is 10.0 Å². The highest BCUT2D eigenvalue weighted by atomic mass is 32.2. The van der Waals surface area contributed by atoms with Crippen molar-refractivity contribution in [2.45, 2.75) is 57.0 Å². The number of carbonyl (C=O) groups excluding carboxylic acids is 1. The van der Waals surface area contributed by atoms with Crippen molar-refractivity contribution in [3.8, 4) is 0 Å². The van der Waals surface area contributed by atoms with Crippen molar-refractivity contribution in [1.29, 1.82) is 0 Å². The van der Waals surface area contributed by atoms with Crippen LogP contribution in [0.4, 0.5) is 4.79 Å². The minimum atomic E-state index is -3.41. The van der Waals surface area contributed by atoms with Crippen LogP contribution in [0.2, 0.25) is 0 Å². The predicted octanol–water partition coefficient (Wildman–Crippen LogP) is 2.29. The van der Waals surface area contributed by atoms with Crippen LogP contribution in [-0.4, -0.2) is 95.2 Å². The number of piperidine rings is 1. The second-order valence-corrected chi connectivity index (χ2v) is 12.0. The standard InChI is InChI=1S/C23H33N5O4S/c1-15-4-5-20-21(10-24-22(20)25-15)18-6-8-28(9-7-18)33(30,31)19-13-27(14-19)23(29)26-11-16(2)32-17(3)12-26/h4-5,10,16-19H,6-9,11-14H2,1-3H3,(H,24,25). The Kier molecular flexibility index (Phi) is 5.86. The molecule has 10 heteroatoms. The van der Waals surface area contributed by atoms with E-state index in [9.17, 15) is 13.2 Å². The highest BCUT2D eigenvalue weighted by Gasteiger charge is 2.45. The van der Waals surface area contributed by atoms with Crippen molar-refractivity contribution in [3.05, 3.63) is 29.6 Å². The van der Waals surface area contributed by atoms with Gasteiger partial charge in [0.25, 0.3) is 0 Å². The molecule has 1 N–H and O–H groups in total. The smallest absolute Gasteiger partial charge is 0.320 e. The summed E-state index contributed by atoms with van der Waals surface area (Å²) in [6.07, 6.45) is 3.60. The number of morpholine rings is 1. The van der Waals surface area contributed by atoms with Gasteiger partial charge >= 0.3 is 6.03 Å². The van der Waals surface area contributed by atoms with Gasteiger partial charge in [0.15, 0.2) is 0 Å². The number of hydrogen-bond donors (Lipinski definition) is 1. The lowest BCUT2D eigenvalue weighted by molar-refractivity contribution is -0.0597. The van der Waals surface area contributed by atoms with Crippen LogP contribution in [0.25, 0.3) is 11.0 Å². The molecule has 9 nitrogen and oxygen atoms in total. The summed E-state index contributed by atoms with van der Waals surface area (Å²) in [5.41, 5.74) is 3.09. The van der Waals surface area contributed by atoms with Crippen molar-refractivity contribution in [3.63, 3.8) is 0 Å². The normalized spacial score (nSPS) is 26.0. The van der Waals surface area contributed by atoms with E-state index >= 15 is 0 Å². The number of H-pyrrole nitrogens is 1. The van der Waals surface area contributed by atoms with Crippen LogP contribution in [-0.2, 0) is 14.8 Å². The number of fused-ring (bicyclic) bond motifs is 1. The summed E-state index contributed by atoms with van der Waals surface area (Å²) in [6, 6.07) is 4.04. The van der Waals surface area contributed by atoms with E-state index in [0.29, 0.717) is 32.1 Å². The molecular weight excluding hydrogens is 442 g/mol. The molecule has 3 fully saturated rings. The topological polar surface area (TPSA) is 98.8 Å². The third-order valence-electron chi connectivity index (χ3n) is 7.19. The molecule has 0 aliphatic carbocycles. The molecule has 180 valence electrons. The molecule has 2 aromatic heterocycles. The first-order valence-electron chi connectivity index (χ1n) is 11.8. The average Bonchev–Trinajstić information content (AvgIpc) is 3.14. The Balaban J connectivity index is 1.17. The molecule has 3 aliphatic heterocycles. The maximum Gasteiger partial charge on any atom is 0.320 e. The number of aryl methyl sites for hydroxylation is 1. The maximum absolute atomic E-state index is 13.2. The first-order chi connectivity index (χ1) is 15.7. The SMILES string of the molecule is Cc1ccc2c(C3CCN(S(=O)(=O)C4CN(C(=O)N5CC(C)OC(C)C5)C4)CC3)c[nH]c2n1. The van der Waals surface area contributed by atoms with E-state index in [1.165, 1.54) is 5.56 Å². The summed E-state index contributed by atoms with van der Waals surface area (Å²) in [7, 11) is -3.41. The van der Waals surface area contributed by atoms with Crippen molar-refractivity contribution < 1.29 is 17.9 Å². The Labute approximate surface area is 195 Å². The van der Waals surface area contributed by atoms with Gasteiger partial charge in [0, 0.05) is 56.5 Å². The van der Waals surface area contributed by atoms with Gasteiger partial charge in [-0.3, -0.25) is 0 Å². The van der Waals surface area contributed by atoms with E-state index < -0.39 is 15.3 Å². The molecule has 2 unspecified atom stereocenters. The number of hydrogen-bond acceptors (Lipinski definition) is 5. The zero-order chi connectivity index (χ0) is 23.3. The largest absolute Gasteiger partial charge is 0.372 e. The Hall–Kier alpha value is -2.17. The van der Waals surface area contributed by atoms with Crippen molar-refractivity contribution in [2.75, 3.05) is 39.3 Å². The van der Waals surface area contributed by atoms with Gasteiger partial charge in [-0.25, -0.2) is 22.5 Å². The monoisotopic (exact) mass is 475 g/mol. The van der Waals surface area contributed by atoms with E-state index in [1.54, 1.807) is 14.1 Å². The van der Waals surface area contributed by atoms with E-state index in [0.717, 1.165) is 29.6 Å². The molecule has 3 aliphatic rings. The molecule has 0 bridgehead atoms. The molecule has 5 heterocycles. The summed E-state index contributed by atoms with van der Waals surface area (Å²) in [5, 5.41) is 0.621. The van der Waals surface area contributed by atoms with E-state index in [1.807, 2.05) is 33.0 Å². The molecule has 0 spiro atoms. The number of rotatable bonds is 3. The van der Waals surface area contributed by atoms with Crippen LogP contribution >= 0.6 is 0 Å². The van der Waals surface area contributed by atoms with Gasteiger partial charge in [0.05, 0.1) is 12.2 Å². The number of likely N-dealkylation sites (tertiary alicyclic amines) is 1. The molecule has 2 aromatic rings. The fraction of sp³-hybridized carbons (Fsp3) is 0.652. The van der Waals surface area contributed by atoms with Crippen LogP contribution in [0.3, 0.4) is 0 Å². The molecule has 3 saturated heterocycles. The van der Waals surface area contributed by atoms with Crippen LogP contribution in [0, 0.1) is 6.92 Å². The zero-order valence-corrected chi connectivity index (χ0v) is 20.3. The van der Waals surface area contributed by atoms with Crippen molar-refractivity contribution in [2.24, 2.45) is 0 Å². The number of aromatic nitrogens is 2. The molecule has 0 radical (unpaired) electrons. The number of amides is 2. The highest BCUT2D eigenvalue weighted by Crippen LogP contribution is 2.35. The second-order valence-electron chi connectivity index (χ2n) is 9.78. The van der Waals surface area contributed by atoms with Gasteiger partial charge in [-0.2, -0.15) is 0 Å². The highest BCUT2D eigenvalue weighted by molar-refractivity contribution is 7.89. The lowest BCUT2D eigenvalue weighted by Gasteiger charge is -2.45. The molecule has 2 atom stereocenters. The summed E-state index contributed by atoms with van der Waals surface area (Å²) in [6.45, 7) is 8.56. The summed E-state index contributed by atoms with van der Waals surface area (Å²) < 4.78 is 33.7. The summed E-state index contributed by atoms with van der Waals surface area (Å²) >= 11 is 0. The Morgan fingerprint density at radius 1 is 1.06 bits per heavy atom. The Bertz CT molecular complexity index is 1120. The van der Waals surface area contributed by atoms with E-state index in [-0.39, 0.29) is 31.3 Å². The van der Waals surface area contributed by atoms with Crippen LogP contribution in [0.15, 0.2) is 18.3 Å². The average molecular weight is 476 g/mol. The molecule has 0 saturated carbocycles. The third-order valence-corrected chi connectivity index (χ3v) is 9.42. The fourth-order valence-corrected chi connectivity index (χ4v) is 7.29. The first kappa shape index (κ1) is 22.6. The molecule has 5 rings (SSSR count). The Morgan fingerprint density at radius 3 is 2.36 bits per heavy atom.